The molecule has 2 aliphatic rings. The molecule has 0 saturated heterocycles. The van der Waals surface area contributed by atoms with Gasteiger partial charge in [0.25, 0.3) is 5.91 Å². The second-order valence-electron chi connectivity index (χ2n) is 11.9. The van der Waals surface area contributed by atoms with Crippen molar-refractivity contribution in [2.24, 2.45) is 10.1 Å². The molecule has 4 aromatic carbocycles. The third-order valence-corrected chi connectivity index (χ3v) is 8.97. The molecule has 0 aliphatic carbocycles. The van der Waals surface area contributed by atoms with Crippen molar-refractivity contribution < 1.29 is 9.53 Å². The van der Waals surface area contributed by atoms with Crippen molar-refractivity contribution >= 4 is 46.7 Å². The molecule has 1 amide bonds. The van der Waals surface area contributed by atoms with E-state index < -0.39 is 5.54 Å². The summed E-state index contributed by atoms with van der Waals surface area (Å²) in [6.45, 7) is 14.0. The number of aryl methyl sites for hydroxylation is 4. The van der Waals surface area contributed by atoms with E-state index in [-0.39, 0.29) is 5.91 Å². The van der Waals surface area contributed by atoms with Crippen LogP contribution in [0.1, 0.15) is 63.1 Å². The third-order valence-electron chi connectivity index (χ3n) is 8.97. The molecule has 0 radical (unpaired) electrons. The van der Waals surface area contributed by atoms with Crippen LogP contribution in [-0.2, 0) is 5.54 Å². The highest BCUT2D eigenvalue weighted by Gasteiger charge is 2.57. The smallest absolute Gasteiger partial charge is 0.275 e. The van der Waals surface area contributed by atoms with Gasteiger partial charge in [-0.1, -0.05) is 18.2 Å². The first-order valence-electron chi connectivity index (χ1n) is 15.7. The fourth-order valence-electron chi connectivity index (χ4n) is 6.68. The Morgan fingerprint density at radius 3 is 2.11 bits per heavy atom. The molecule has 232 valence electrons. The molecule has 7 rings (SSSR count). The highest BCUT2D eigenvalue weighted by Crippen LogP contribution is 2.58. The number of aromatic nitrogens is 2. The number of benzene rings is 4. The lowest BCUT2D eigenvalue weighted by atomic mass is 9.74. The number of amides is 1. The van der Waals surface area contributed by atoms with E-state index in [2.05, 4.69) is 85.3 Å². The number of aliphatic imine (C=N–C) groups is 1. The van der Waals surface area contributed by atoms with Crippen LogP contribution in [0.3, 0.4) is 0 Å². The number of aromatic amines is 1. The average molecular weight is 612 g/mol. The van der Waals surface area contributed by atoms with E-state index in [1.807, 2.05) is 42.5 Å². The number of rotatable bonds is 7. The molecular formula is C37H37N7O2. The van der Waals surface area contributed by atoms with Crippen LogP contribution in [0, 0.1) is 27.7 Å². The maximum absolute atomic E-state index is 14.3. The van der Waals surface area contributed by atoms with Gasteiger partial charge >= 0.3 is 0 Å². The Bertz CT molecular complexity index is 1990. The minimum absolute atomic E-state index is 0.199. The van der Waals surface area contributed by atoms with E-state index in [4.69, 9.17) is 9.84 Å². The number of nitrogens with zero attached hydrogens (tertiary/aromatic N) is 4. The van der Waals surface area contributed by atoms with Crippen molar-refractivity contribution in [3.63, 3.8) is 0 Å². The van der Waals surface area contributed by atoms with Gasteiger partial charge in [-0.25, -0.2) is 15.0 Å². The number of nitrogens with one attached hydrogen (secondary N) is 3. The number of H-pyrrole nitrogens is 1. The lowest BCUT2D eigenvalue weighted by Crippen LogP contribution is -2.44. The summed E-state index contributed by atoms with van der Waals surface area (Å²) in [5, 5.41) is 13.3. The zero-order valence-corrected chi connectivity index (χ0v) is 26.9. The van der Waals surface area contributed by atoms with Gasteiger partial charge < -0.3 is 20.4 Å². The molecule has 0 saturated carbocycles. The number of fused-ring (bicyclic) bond motifs is 7. The molecule has 1 aromatic heterocycles. The number of imidazole rings is 1. The van der Waals surface area contributed by atoms with E-state index in [1.165, 1.54) is 11.1 Å². The summed E-state index contributed by atoms with van der Waals surface area (Å²) in [5.74, 6) is 1.62. The van der Waals surface area contributed by atoms with Crippen molar-refractivity contribution in [2.45, 2.75) is 47.1 Å². The van der Waals surface area contributed by atoms with Crippen LogP contribution in [-0.4, -0.2) is 46.4 Å². The van der Waals surface area contributed by atoms with Crippen LogP contribution in [0.2, 0.25) is 0 Å². The van der Waals surface area contributed by atoms with Gasteiger partial charge in [0.2, 0.25) is 5.95 Å². The van der Waals surface area contributed by atoms with Gasteiger partial charge in [0, 0.05) is 58.9 Å². The Balaban J connectivity index is 1.41. The second kappa shape index (κ2) is 11.2. The number of hydrazone groups is 1. The standard InChI is InChI=1S/C37H37N7O2/c1-7-38-29-19-33-27(15-23(29)5)37(28-16-24(6)30(39-8-2)20-34(28)46-33)26-12-10-9-11-25(26)35(45)44(37)41-14-13-40-36-42-31-17-21(3)22(4)18-32(31)43-36/h9-20,38-39H,7-8H2,1-6H3,(H,42,43)/b40-13+,41-14-. The van der Waals surface area contributed by atoms with E-state index >= 15 is 0 Å². The summed E-state index contributed by atoms with van der Waals surface area (Å²) in [6, 6.07) is 20.2. The maximum atomic E-state index is 14.3. The highest BCUT2D eigenvalue weighted by molar-refractivity contribution is 6.17. The van der Waals surface area contributed by atoms with Crippen LogP contribution in [0.4, 0.5) is 17.3 Å². The van der Waals surface area contributed by atoms with Gasteiger partial charge in [-0.15, -0.1) is 0 Å². The molecule has 1 spiro atoms. The highest BCUT2D eigenvalue weighted by atomic mass is 16.5. The van der Waals surface area contributed by atoms with Crippen molar-refractivity contribution in [3.8, 4) is 11.5 Å². The molecule has 9 heteroatoms. The lowest BCUT2D eigenvalue weighted by molar-refractivity contribution is 0.0675. The Kier molecular flexibility index (Phi) is 7.11. The molecule has 2 aliphatic heterocycles. The van der Waals surface area contributed by atoms with E-state index in [0.29, 0.717) is 23.0 Å². The molecule has 9 nitrogen and oxygen atoms in total. The fraction of sp³-hybridized carbons (Fsp3) is 0.243. The number of ether oxygens (including phenoxy) is 1. The molecule has 3 heterocycles. The molecule has 0 fully saturated rings. The monoisotopic (exact) mass is 611 g/mol. The number of carbonyl (C=O) groups excluding carboxylic acids is 1. The Labute approximate surface area is 268 Å². The number of carbonyl (C=O) groups is 1. The van der Waals surface area contributed by atoms with Crippen LogP contribution < -0.4 is 15.4 Å². The van der Waals surface area contributed by atoms with Gasteiger partial charge in [0.1, 0.15) is 17.0 Å². The number of anilines is 2. The minimum Gasteiger partial charge on any atom is -0.456 e. The second-order valence-corrected chi connectivity index (χ2v) is 11.9. The van der Waals surface area contributed by atoms with Crippen molar-refractivity contribution in [2.75, 3.05) is 23.7 Å². The first kappa shape index (κ1) is 29.3. The van der Waals surface area contributed by atoms with Crippen LogP contribution in [0.25, 0.3) is 11.0 Å². The van der Waals surface area contributed by atoms with E-state index in [0.717, 1.165) is 63.3 Å². The molecular weight excluding hydrogens is 574 g/mol. The normalized spacial score (nSPS) is 14.7. The van der Waals surface area contributed by atoms with Gasteiger partial charge in [0.05, 0.1) is 23.5 Å². The molecule has 3 N–H and O–H groups in total. The molecule has 0 bridgehead atoms. The summed E-state index contributed by atoms with van der Waals surface area (Å²) in [5.41, 5.74) is 10.3. The van der Waals surface area contributed by atoms with E-state index in [9.17, 15) is 4.79 Å². The van der Waals surface area contributed by atoms with Crippen LogP contribution in [0.15, 0.2) is 70.8 Å². The first-order valence-corrected chi connectivity index (χ1v) is 15.7. The summed E-state index contributed by atoms with van der Waals surface area (Å²) >= 11 is 0. The Morgan fingerprint density at radius 1 is 0.826 bits per heavy atom. The largest absolute Gasteiger partial charge is 0.456 e. The number of hydrogen-bond acceptors (Lipinski definition) is 7. The fourth-order valence-corrected chi connectivity index (χ4v) is 6.68. The van der Waals surface area contributed by atoms with Gasteiger partial charge in [-0.05, 0) is 94.1 Å². The van der Waals surface area contributed by atoms with Crippen LogP contribution >= 0.6 is 0 Å². The molecule has 0 atom stereocenters. The minimum atomic E-state index is -1.07. The van der Waals surface area contributed by atoms with E-state index in [1.54, 1.807) is 17.4 Å². The van der Waals surface area contributed by atoms with Crippen molar-refractivity contribution in [1.29, 1.82) is 0 Å². The summed E-state index contributed by atoms with van der Waals surface area (Å²) in [6.07, 6.45) is 3.13. The van der Waals surface area contributed by atoms with Crippen molar-refractivity contribution in [3.05, 3.63) is 105 Å². The zero-order valence-electron chi connectivity index (χ0n) is 26.9. The molecule has 46 heavy (non-hydrogen) atoms. The maximum Gasteiger partial charge on any atom is 0.275 e. The van der Waals surface area contributed by atoms with Crippen molar-refractivity contribution in [1.82, 2.24) is 15.0 Å². The predicted molar refractivity (Wildman–Crippen MR) is 185 cm³/mol. The SMILES string of the molecule is CCNc1cc2c(cc1C)C1(c3cc(C)c(NCC)cc3O2)c2ccccc2C(=O)N1/N=C\C=N\c1nc2cc(C)c(C)cc2[nH]1. The average Bonchev–Trinajstić information content (AvgIpc) is 3.53. The predicted octanol–water partition coefficient (Wildman–Crippen LogP) is 7.90. The lowest BCUT2D eigenvalue weighted by Gasteiger charge is -2.42. The Hall–Kier alpha value is -5.44. The van der Waals surface area contributed by atoms with Gasteiger partial charge in [-0.3, -0.25) is 4.79 Å². The third kappa shape index (κ3) is 4.45. The number of hydrogen-bond donors (Lipinski definition) is 3. The summed E-state index contributed by atoms with van der Waals surface area (Å²) in [7, 11) is 0. The zero-order chi connectivity index (χ0) is 32.2. The summed E-state index contributed by atoms with van der Waals surface area (Å²) < 4.78 is 6.67. The first-order chi connectivity index (χ1) is 22.3. The van der Waals surface area contributed by atoms with Gasteiger partial charge in [0.15, 0.2) is 0 Å². The molecule has 0 unspecified atom stereocenters. The Morgan fingerprint density at radius 2 is 1.46 bits per heavy atom. The summed E-state index contributed by atoms with van der Waals surface area (Å²) in [4.78, 5) is 26.7. The molecule has 5 aromatic rings. The van der Waals surface area contributed by atoms with Crippen LogP contribution in [0.5, 0.6) is 11.5 Å². The topological polar surface area (TPSA) is 107 Å². The quantitative estimate of drug-likeness (QED) is 0.162. The van der Waals surface area contributed by atoms with Gasteiger partial charge in [-0.2, -0.15) is 5.10 Å².